The minimum absolute atomic E-state index is 0.651. The van der Waals surface area contributed by atoms with E-state index in [-0.39, 0.29) is 0 Å². The van der Waals surface area contributed by atoms with Crippen LogP contribution in [0.5, 0.6) is 0 Å². The Kier molecular flexibility index (Phi) is 3.86. The zero-order valence-corrected chi connectivity index (χ0v) is 11.1. The van der Waals surface area contributed by atoms with Crippen molar-refractivity contribution in [2.75, 3.05) is 6.54 Å². The van der Waals surface area contributed by atoms with Crippen LogP contribution in [0.1, 0.15) is 24.5 Å². The fourth-order valence-electron chi connectivity index (χ4n) is 1.47. The zero-order valence-electron chi connectivity index (χ0n) is 10.3. The summed E-state index contributed by atoms with van der Waals surface area (Å²) in [7, 11) is 0. The van der Waals surface area contributed by atoms with Gasteiger partial charge in [-0.05, 0) is 19.4 Å². The van der Waals surface area contributed by atoms with E-state index in [1.165, 1.54) is 0 Å². The molecule has 2 aromatic heterocycles. The van der Waals surface area contributed by atoms with Gasteiger partial charge in [-0.1, -0.05) is 25.2 Å². The summed E-state index contributed by atoms with van der Waals surface area (Å²) in [5, 5.41) is 20.6. The van der Waals surface area contributed by atoms with Crippen molar-refractivity contribution in [3.05, 3.63) is 16.9 Å². The third kappa shape index (κ3) is 3.10. The second-order valence-corrected chi connectivity index (χ2v) is 5.50. The van der Waals surface area contributed by atoms with Gasteiger partial charge in [-0.15, -0.1) is 10.2 Å². The molecule has 0 fully saturated rings. The Morgan fingerprint density at radius 1 is 1.41 bits per heavy atom. The molecule has 0 aliphatic heterocycles. The molecule has 0 saturated heterocycles. The lowest BCUT2D eigenvalue weighted by Crippen LogP contribution is -2.18. The molecule has 0 spiro atoms. The number of H-pyrrole nitrogens is 1. The van der Waals surface area contributed by atoms with Crippen LogP contribution in [0.3, 0.4) is 0 Å². The van der Waals surface area contributed by atoms with Crippen LogP contribution in [0.25, 0.3) is 10.6 Å². The van der Waals surface area contributed by atoms with Crippen molar-refractivity contribution >= 4 is 11.3 Å². The Labute approximate surface area is 105 Å². The summed E-state index contributed by atoms with van der Waals surface area (Å²) in [5.41, 5.74) is 2.07. The van der Waals surface area contributed by atoms with Gasteiger partial charge in [0, 0.05) is 12.2 Å². The Hall–Kier alpha value is -1.27. The van der Waals surface area contributed by atoms with E-state index in [1.807, 2.05) is 6.92 Å². The predicted molar refractivity (Wildman–Crippen MR) is 68.8 cm³/mol. The van der Waals surface area contributed by atoms with Crippen molar-refractivity contribution in [1.29, 1.82) is 0 Å². The van der Waals surface area contributed by atoms with Gasteiger partial charge in [-0.3, -0.25) is 5.10 Å². The van der Waals surface area contributed by atoms with Crippen molar-refractivity contribution in [2.45, 2.75) is 27.3 Å². The number of nitrogens with zero attached hydrogens (tertiary/aromatic N) is 3. The largest absolute Gasteiger partial charge is 0.310 e. The average molecular weight is 251 g/mol. The van der Waals surface area contributed by atoms with Gasteiger partial charge in [0.1, 0.15) is 5.01 Å². The highest BCUT2D eigenvalue weighted by molar-refractivity contribution is 7.14. The summed E-state index contributed by atoms with van der Waals surface area (Å²) >= 11 is 1.61. The fourth-order valence-corrected chi connectivity index (χ4v) is 2.34. The van der Waals surface area contributed by atoms with Crippen LogP contribution in [-0.2, 0) is 6.54 Å². The van der Waals surface area contributed by atoms with Gasteiger partial charge in [0.2, 0.25) is 0 Å². The molecule has 0 aliphatic rings. The van der Waals surface area contributed by atoms with Gasteiger partial charge in [0.25, 0.3) is 0 Å². The van der Waals surface area contributed by atoms with Crippen molar-refractivity contribution in [3.63, 3.8) is 0 Å². The van der Waals surface area contributed by atoms with Gasteiger partial charge in [-0.2, -0.15) is 5.10 Å². The first-order valence-corrected chi connectivity index (χ1v) is 6.52. The first-order chi connectivity index (χ1) is 8.16. The molecule has 0 atom stereocenters. The first-order valence-electron chi connectivity index (χ1n) is 5.70. The third-order valence-electron chi connectivity index (χ3n) is 2.36. The highest BCUT2D eigenvalue weighted by atomic mass is 32.1. The maximum atomic E-state index is 4.19. The zero-order chi connectivity index (χ0) is 12.3. The van der Waals surface area contributed by atoms with Crippen LogP contribution < -0.4 is 5.32 Å². The van der Waals surface area contributed by atoms with Crippen molar-refractivity contribution in [2.24, 2.45) is 5.92 Å². The van der Waals surface area contributed by atoms with Crippen LogP contribution in [0.15, 0.2) is 6.20 Å². The lowest BCUT2D eigenvalue weighted by molar-refractivity contribution is 0.550. The second kappa shape index (κ2) is 5.37. The standard InChI is InChI=1S/C11H17N5S/c1-7(2)4-12-6-10-15-16-11(17-10)9-5-13-14-8(9)3/h5,7,12H,4,6H2,1-3H3,(H,13,14). The van der Waals surface area contributed by atoms with Gasteiger partial charge in [0.05, 0.1) is 11.8 Å². The molecule has 2 aromatic rings. The second-order valence-electron chi connectivity index (χ2n) is 4.43. The maximum absolute atomic E-state index is 4.19. The van der Waals surface area contributed by atoms with Crippen molar-refractivity contribution in [3.8, 4) is 10.6 Å². The summed E-state index contributed by atoms with van der Waals surface area (Å²) in [4.78, 5) is 0. The number of aromatic nitrogens is 4. The molecule has 2 heterocycles. The van der Waals surface area contributed by atoms with E-state index in [9.17, 15) is 0 Å². The Morgan fingerprint density at radius 2 is 2.24 bits per heavy atom. The maximum Gasteiger partial charge on any atom is 0.151 e. The number of rotatable bonds is 5. The summed E-state index contributed by atoms with van der Waals surface area (Å²) < 4.78 is 0. The number of aromatic amines is 1. The van der Waals surface area contributed by atoms with E-state index >= 15 is 0 Å². The van der Waals surface area contributed by atoms with E-state index in [0.29, 0.717) is 5.92 Å². The van der Waals surface area contributed by atoms with E-state index in [2.05, 4.69) is 39.6 Å². The first kappa shape index (κ1) is 12.2. The molecule has 0 aliphatic carbocycles. The topological polar surface area (TPSA) is 66.5 Å². The van der Waals surface area contributed by atoms with Gasteiger partial charge in [0.15, 0.2) is 5.01 Å². The molecule has 2 N–H and O–H groups in total. The molecule has 17 heavy (non-hydrogen) atoms. The van der Waals surface area contributed by atoms with Crippen LogP contribution in [0.2, 0.25) is 0 Å². The smallest absolute Gasteiger partial charge is 0.151 e. The third-order valence-corrected chi connectivity index (χ3v) is 3.31. The number of hydrogen-bond donors (Lipinski definition) is 2. The lowest BCUT2D eigenvalue weighted by atomic mass is 10.2. The van der Waals surface area contributed by atoms with E-state index in [1.54, 1.807) is 17.5 Å². The number of aryl methyl sites for hydroxylation is 1. The molecule has 6 heteroatoms. The van der Waals surface area contributed by atoms with Gasteiger partial charge < -0.3 is 5.32 Å². The molecule has 0 aromatic carbocycles. The normalized spacial score (nSPS) is 11.3. The molecule has 0 bridgehead atoms. The molecule has 0 amide bonds. The van der Waals surface area contributed by atoms with E-state index in [0.717, 1.165) is 34.4 Å². The fraction of sp³-hybridized carbons (Fsp3) is 0.545. The monoisotopic (exact) mass is 251 g/mol. The molecule has 2 rings (SSSR count). The quantitative estimate of drug-likeness (QED) is 0.852. The molecule has 0 radical (unpaired) electrons. The SMILES string of the molecule is Cc1[nH]ncc1-c1nnc(CNCC(C)C)s1. The number of hydrogen-bond acceptors (Lipinski definition) is 5. The van der Waals surface area contributed by atoms with E-state index < -0.39 is 0 Å². The lowest BCUT2D eigenvalue weighted by Gasteiger charge is -2.03. The summed E-state index contributed by atoms with van der Waals surface area (Å²) in [6.45, 7) is 8.15. The minimum Gasteiger partial charge on any atom is -0.310 e. The average Bonchev–Trinajstić information content (AvgIpc) is 2.86. The van der Waals surface area contributed by atoms with Crippen LogP contribution in [-0.4, -0.2) is 26.9 Å². The Morgan fingerprint density at radius 3 is 2.88 bits per heavy atom. The highest BCUT2D eigenvalue weighted by Gasteiger charge is 2.10. The molecule has 92 valence electrons. The Bertz CT molecular complexity index is 474. The van der Waals surface area contributed by atoms with Crippen molar-refractivity contribution < 1.29 is 0 Å². The predicted octanol–water partition coefficient (Wildman–Crippen LogP) is 1.98. The van der Waals surface area contributed by atoms with Crippen molar-refractivity contribution in [1.82, 2.24) is 25.7 Å². The highest BCUT2D eigenvalue weighted by Crippen LogP contribution is 2.24. The molecule has 0 unspecified atom stereocenters. The van der Waals surface area contributed by atoms with Gasteiger partial charge in [-0.25, -0.2) is 0 Å². The van der Waals surface area contributed by atoms with Crippen LogP contribution in [0.4, 0.5) is 0 Å². The Balaban J connectivity index is 1.99. The molecule has 0 saturated carbocycles. The molecule has 5 nitrogen and oxygen atoms in total. The molecular weight excluding hydrogens is 234 g/mol. The number of nitrogens with one attached hydrogen (secondary N) is 2. The van der Waals surface area contributed by atoms with E-state index in [4.69, 9.17) is 0 Å². The minimum atomic E-state index is 0.651. The summed E-state index contributed by atoms with van der Waals surface area (Å²) in [5.74, 6) is 0.651. The summed E-state index contributed by atoms with van der Waals surface area (Å²) in [6.07, 6.45) is 1.79. The molecular formula is C11H17N5S. The van der Waals surface area contributed by atoms with Gasteiger partial charge >= 0.3 is 0 Å². The van der Waals surface area contributed by atoms with Crippen LogP contribution >= 0.6 is 11.3 Å². The van der Waals surface area contributed by atoms with Crippen LogP contribution in [0, 0.1) is 12.8 Å². The summed E-state index contributed by atoms with van der Waals surface area (Å²) in [6, 6.07) is 0.